The standard InChI is InChI=1S/C20H20N2O2S/c1-16-10-11-20(17(2)13-16)25(23,24)22(19-8-4-3-5-9-19)15-18-7-6-12-21-14-18/h3-14H,15H2,1-2H3. The van der Waals surface area contributed by atoms with Gasteiger partial charge in [-0.2, -0.15) is 0 Å². The third-order valence-corrected chi connectivity index (χ3v) is 5.93. The third-order valence-electron chi connectivity index (χ3n) is 3.99. The molecule has 1 heterocycles. The highest BCUT2D eigenvalue weighted by Crippen LogP contribution is 2.27. The molecule has 128 valence electrons. The summed E-state index contributed by atoms with van der Waals surface area (Å²) in [4.78, 5) is 4.42. The van der Waals surface area contributed by atoms with Gasteiger partial charge < -0.3 is 0 Å². The number of aryl methyl sites for hydroxylation is 2. The van der Waals surface area contributed by atoms with Gasteiger partial charge in [0.2, 0.25) is 0 Å². The lowest BCUT2D eigenvalue weighted by molar-refractivity contribution is 0.589. The van der Waals surface area contributed by atoms with Crippen LogP contribution in [0.15, 0.2) is 78.0 Å². The Morgan fingerprint density at radius 3 is 2.36 bits per heavy atom. The first-order valence-electron chi connectivity index (χ1n) is 8.02. The van der Waals surface area contributed by atoms with E-state index < -0.39 is 10.0 Å². The van der Waals surface area contributed by atoms with Crippen LogP contribution in [0.4, 0.5) is 5.69 Å². The summed E-state index contributed by atoms with van der Waals surface area (Å²) in [5.74, 6) is 0. The van der Waals surface area contributed by atoms with E-state index in [1.807, 2.05) is 56.3 Å². The van der Waals surface area contributed by atoms with E-state index in [0.717, 1.165) is 16.7 Å². The SMILES string of the molecule is Cc1ccc(S(=O)(=O)N(Cc2cccnc2)c2ccccc2)c(C)c1. The van der Waals surface area contributed by atoms with Crippen molar-refractivity contribution in [2.75, 3.05) is 4.31 Å². The van der Waals surface area contributed by atoms with Crippen LogP contribution in [0.25, 0.3) is 0 Å². The number of hydrogen-bond donors (Lipinski definition) is 0. The number of para-hydroxylation sites is 1. The fourth-order valence-corrected chi connectivity index (χ4v) is 4.44. The molecule has 0 unspecified atom stereocenters. The van der Waals surface area contributed by atoms with Gasteiger partial charge in [0.15, 0.2) is 0 Å². The van der Waals surface area contributed by atoms with Gasteiger partial charge in [-0.25, -0.2) is 8.42 Å². The molecule has 0 N–H and O–H groups in total. The van der Waals surface area contributed by atoms with Gasteiger partial charge in [-0.1, -0.05) is 42.0 Å². The summed E-state index contributed by atoms with van der Waals surface area (Å²) in [5, 5.41) is 0. The molecule has 5 heteroatoms. The molecule has 0 saturated carbocycles. The average Bonchev–Trinajstić information content (AvgIpc) is 2.61. The molecule has 25 heavy (non-hydrogen) atoms. The van der Waals surface area contributed by atoms with Crippen LogP contribution in [0.5, 0.6) is 0 Å². The van der Waals surface area contributed by atoms with Crippen LogP contribution in [0.1, 0.15) is 16.7 Å². The lowest BCUT2D eigenvalue weighted by Crippen LogP contribution is -2.31. The molecular weight excluding hydrogens is 332 g/mol. The minimum Gasteiger partial charge on any atom is -0.264 e. The zero-order chi connectivity index (χ0) is 17.9. The van der Waals surface area contributed by atoms with E-state index in [-0.39, 0.29) is 6.54 Å². The summed E-state index contributed by atoms with van der Waals surface area (Å²) in [7, 11) is -3.69. The topological polar surface area (TPSA) is 50.3 Å². The second-order valence-electron chi connectivity index (χ2n) is 5.98. The van der Waals surface area contributed by atoms with Gasteiger partial charge in [0.25, 0.3) is 10.0 Å². The zero-order valence-corrected chi connectivity index (χ0v) is 15.1. The van der Waals surface area contributed by atoms with Crippen molar-refractivity contribution in [3.63, 3.8) is 0 Å². The molecule has 0 spiro atoms. The van der Waals surface area contributed by atoms with E-state index in [2.05, 4.69) is 4.98 Å². The van der Waals surface area contributed by atoms with Gasteiger partial charge in [0.05, 0.1) is 17.1 Å². The summed E-state index contributed by atoms with van der Waals surface area (Å²) < 4.78 is 28.2. The second kappa shape index (κ2) is 7.07. The summed E-state index contributed by atoms with van der Waals surface area (Å²) in [6.45, 7) is 4.01. The van der Waals surface area contributed by atoms with Crippen molar-refractivity contribution < 1.29 is 8.42 Å². The molecule has 0 aliphatic rings. The number of benzene rings is 2. The Kier molecular flexibility index (Phi) is 4.86. The van der Waals surface area contributed by atoms with Crippen LogP contribution in [0, 0.1) is 13.8 Å². The van der Waals surface area contributed by atoms with Crippen LogP contribution < -0.4 is 4.31 Å². The van der Waals surface area contributed by atoms with Crippen LogP contribution >= 0.6 is 0 Å². The van der Waals surface area contributed by atoms with E-state index in [1.54, 1.807) is 30.6 Å². The molecule has 0 aliphatic carbocycles. The Labute approximate surface area is 148 Å². The van der Waals surface area contributed by atoms with Gasteiger partial charge in [0, 0.05) is 12.4 Å². The summed E-state index contributed by atoms with van der Waals surface area (Å²) >= 11 is 0. The minimum atomic E-state index is -3.69. The van der Waals surface area contributed by atoms with Crippen LogP contribution in [-0.4, -0.2) is 13.4 Å². The van der Waals surface area contributed by atoms with Crippen LogP contribution in [0.2, 0.25) is 0 Å². The highest BCUT2D eigenvalue weighted by Gasteiger charge is 2.26. The lowest BCUT2D eigenvalue weighted by atomic mass is 10.2. The fourth-order valence-electron chi connectivity index (χ4n) is 2.77. The van der Waals surface area contributed by atoms with Gasteiger partial charge >= 0.3 is 0 Å². The van der Waals surface area contributed by atoms with E-state index in [0.29, 0.717) is 10.6 Å². The maximum absolute atomic E-state index is 13.4. The number of nitrogens with zero attached hydrogens (tertiary/aromatic N) is 2. The molecular formula is C20H20N2O2S. The van der Waals surface area contributed by atoms with Crippen molar-refractivity contribution in [3.05, 3.63) is 89.7 Å². The van der Waals surface area contributed by atoms with Crippen molar-refractivity contribution in [2.45, 2.75) is 25.3 Å². The molecule has 2 aromatic carbocycles. The Morgan fingerprint density at radius 1 is 0.960 bits per heavy atom. The van der Waals surface area contributed by atoms with E-state index in [4.69, 9.17) is 0 Å². The molecule has 0 bridgehead atoms. The number of hydrogen-bond acceptors (Lipinski definition) is 3. The first-order valence-corrected chi connectivity index (χ1v) is 9.46. The predicted octanol–water partition coefficient (Wildman–Crippen LogP) is 4.09. The maximum atomic E-state index is 13.4. The van der Waals surface area contributed by atoms with Gasteiger partial charge in [-0.05, 0) is 49.2 Å². The maximum Gasteiger partial charge on any atom is 0.264 e. The van der Waals surface area contributed by atoms with E-state index in [1.165, 1.54) is 4.31 Å². The van der Waals surface area contributed by atoms with Crippen molar-refractivity contribution in [1.82, 2.24) is 4.98 Å². The van der Waals surface area contributed by atoms with E-state index >= 15 is 0 Å². The number of anilines is 1. The molecule has 0 radical (unpaired) electrons. The lowest BCUT2D eigenvalue weighted by Gasteiger charge is -2.25. The molecule has 0 atom stereocenters. The highest BCUT2D eigenvalue weighted by molar-refractivity contribution is 7.92. The summed E-state index contributed by atoms with van der Waals surface area (Å²) in [5.41, 5.74) is 3.24. The molecule has 0 fully saturated rings. The minimum absolute atomic E-state index is 0.230. The quantitative estimate of drug-likeness (QED) is 0.695. The molecule has 0 amide bonds. The summed E-state index contributed by atoms with van der Waals surface area (Å²) in [6, 6.07) is 18.2. The normalized spacial score (nSPS) is 11.3. The number of sulfonamides is 1. The monoisotopic (exact) mass is 352 g/mol. The van der Waals surface area contributed by atoms with Gasteiger partial charge in [-0.3, -0.25) is 9.29 Å². The highest BCUT2D eigenvalue weighted by atomic mass is 32.2. The Balaban J connectivity index is 2.10. The predicted molar refractivity (Wildman–Crippen MR) is 100.0 cm³/mol. The molecule has 3 aromatic rings. The molecule has 3 rings (SSSR count). The molecule has 1 aromatic heterocycles. The Hall–Kier alpha value is -2.66. The molecule has 0 aliphatic heterocycles. The fraction of sp³-hybridized carbons (Fsp3) is 0.150. The first-order chi connectivity index (χ1) is 12.0. The smallest absolute Gasteiger partial charge is 0.264 e. The summed E-state index contributed by atoms with van der Waals surface area (Å²) in [6.07, 6.45) is 3.36. The largest absolute Gasteiger partial charge is 0.264 e. The van der Waals surface area contributed by atoms with E-state index in [9.17, 15) is 8.42 Å². The van der Waals surface area contributed by atoms with Crippen LogP contribution in [0.3, 0.4) is 0 Å². The number of rotatable bonds is 5. The second-order valence-corrected chi connectivity index (χ2v) is 7.81. The van der Waals surface area contributed by atoms with Crippen LogP contribution in [-0.2, 0) is 16.6 Å². The number of pyridine rings is 1. The number of aromatic nitrogens is 1. The van der Waals surface area contributed by atoms with Crippen molar-refractivity contribution in [2.24, 2.45) is 0 Å². The van der Waals surface area contributed by atoms with Crippen molar-refractivity contribution >= 4 is 15.7 Å². The molecule has 0 saturated heterocycles. The molecule has 4 nitrogen and oxygen atoms in total. The van der Waals surface area contributed by atoms with Gasteiger partial charge in [-0.15, -0.1) is 0 Å². The van der Waals surface area contributed by atoms with Crippen molar-refractivity contribution in [1.29, 1.82) is 0 Å². The third kappa shape index (κ3) is 3.72. The van der Waals surface area contributed by atoms with Crippen molar-refractivity contribution in [3.8, 4) is 0 Å². The Morgan fingerprint density at radius 2 is 1.72 bits per heavy atom. The Bertz CT molecular complexity index is 956. The first kappa shape index (κ1) is 17.2. The zero-order valence-electron chi connectivity index (χ0n) is 14.3. The van der Waals surface area contributed by atoms with Gasteiger partial charge in [0.1, 0.15) is 0 Å². The average molecular weight is 352 g/mol.